The minimum atomic E-state index is -0.0140. The van der Waals surface area contributed by atoms with E-state index in [1.165, 1.54) is 0 Å². The molecule has 1 aliphatic rings. The van der Waals surface area contributed by atoms with Gasteiger partial charge < -0.3 is 9.47 Å². The lowest BCUT2D eigenvalue weighted by Gasteiger charge is -2.17. The Morgan fingerprint density at radius 2 is 1.74 bits per heavy atom. The molecule has 1 fully saturated rings. The van der Waals surface area contributed by atoms with Crippen LogP contribution < -0.4 is 10.2 Å². The first-order valence-electron chi connectivity index (χ1n) is 8.12. The van der Waals surface area contributed by atoms with Gasteiger partial charge in [-0.3, -0.25) is 4.79 Å². The Morgan fingerprint density at radius 3 is 2.52 bits per heavy atom. The second-order valence-corrected chi connectivity index (χ2v) is 5.95. The van der Waals surface area contributed by atoms with Crippen molar-refractivity contribution < 1.29 is 9.47 Å². The van der Waals surface area contributed by atoms with E-state index in [-0.39, 0.29) is 17.5 Å². The molecule has 0 spiro atoms. The number of hydrogen-bond donors (Lipinski definition) is 0. The average molecular weight is 310 g/mol. The van der Waals surface area contributed by atoms with Gasteiger partial charge in [-0.05, 0) is 24.5 Å². The van der Waals surface area contributed by atoms with Gasteiger partial charge in [0.25, 0.3) is 0 Å². The molecule has 23 heavy (non-hydrogen) atoms. The number of benzene rings is 1. The maximum Gasteiger partial charge on any atom is 0.223 e. The molecule has 2 aromatic rings. The fourth-order valence-electron chi connectivity index (χ4n) is 3.30. The molecule has 0 N–H and O–H groups in total. The lowest BCUT2D eigenvalue weighted by atomic mass is 9.96. The Morgan fingerprint density at radius 1 is 1.00 bits per heavy atom. The predicted octanol–water partition coefficient (Wildman–Crippen LogP) is 3.91. The lowest BCUT2D eigenvalue weighted by Crippen LogP contribution is -2.21. The Balaban J connectivity index is 1.86. The maximum absolute atomic E-state index is 12.9. The summed E-state index contributed by atoms with van der Waals surface area (Å²) >= 11 is 0. The van der Waals surface area contributed by atoms with Crippen LogP contribution in [0.4, 0.5) is 0 Å². The molecule has 2 atom stereocenters. The Bertz CT molecular complexity index is 697. The van der Waals surface area contributed by atoms with Crippen molar-refractivity contribution in [1.29, 1.82) is 0 Å². The van der Waals surface area contributed by atoms with Gasteiger partial charge in [-0.15, -0.1) is 0 Å². The lowest BCUT2D eigenvalue weighted by molar-refractivity contribution is 0.0942. The Hall–Kier alpha value is -2.13. The van der Waals surface area contributed by atoms with Crippen LogP contribution in [-0.2, 0) is 11.3 Å². The maximum atomic E-state index is 12.9. The molecule has 0 aromatic heterocycles. The molecule has 0 heterocycles. The van der Waals surface area contributed by atoms with Crippen LogP contribution in [0.1, 0.15) is 36.3 Å². The van der Waals surface area contributed by atoms with Gasteiger partial charge in [-0.25, -0.2) is 0 Å². The minimum Gasteiger partial charge on any atom is -0.485 e. The van der Waals surface area contributed by atoms with Crippen LogP contribution in [0.25, 0.3) is 0 Å². The average Bonchev–Trinajstić information content (AvgIpc) is 2.98. The summed E-state index contributed by atoms with van der Waals surface area (Å²) in [6.45, 7) is 0.401. The Kier molecular flexibility index (Phi) is 5.09. The highest BCUT2D eigenvalue weighted by Crippen LogP contribution is 2.35. The highest BCUT2D eigenvalue weighted by Gasteiger charge is 2.30. The van der Waals surface area contributed by atoms with Gasteiger partial charge >= 0.3 is 0 Å². The highest BCUT2D eigenvalue weighted by atomic mass is 16.5. The SMILES string of the molecule is COC1CCCC1c1ccccc(OCc2ccccc2)c1=O. The minimum absolute atomic E-state index is 0.0140. The van der Waals surface area contributed by atoms with Gasteiger partial charge in [0.2, 0.25) is 5.43 Å². The molecule has 2 aromatic carbocycles. The van der Waals surface area contributed by atoms with E-state index in [1.807, 2.05) is 48.5 Å². The quantitative estimate of drug-likeness (QED) is 0.840. The molecule has 3 rings (SSSR count). The first kappa shape index (κ1) is 15.8. The Labute approximate surface area is 136 Å². The molecule has 120 valence electrons. The highest BCUT2D eigenvalue weighted by molar-refractivity contribution is 5.31. The van der Waals surface area contributed by atoms with Crippen LogP contribution in [0.3, 0.4) is 0 Å². The summed E-state index contributed by atoms with van der Waals surface area (Å²) < 4.78 is 11.4. The van der Waals surface area contributed by atoms with Crippen molar-refractivity contribution in [2.75, 3.05) is 7.11 Å². The first-order valence-corrected chi connectivity index (χ1v) is 8.12. The van der Waals surface area contributed by atoms with Gasteiger partial charge in [-0.2, -0.15) is 0 Å². The fraction of sp³-hybridized carbons (Fsp3) is 0.350. The summed E-state index contributed by atoms with van der Waals surface area (Å²) in [5, 5.41) is 0. The molecule has 0 radical (unpaired) electrons. The van der Waals surface area contributed by atoms with E-state index >= 15 is 0 Å². The number of methoxy groups -OCH3 is 1. The zero-order valence-corrected chi connectivity index (χ0v) is 13.4. The van der Waals surface area contributed by atoms with E-state index in [0.717, 1.165) is 30.4 Å². The number of hydrogen-bond acceptors (Lipinski definition) is 3. The van der Waals surface area contributed by atoms with Crippen molar-refractivity contribution >= 4 is 0 Å². The van der Waals surface area contributed by atoms with E-state index in [2.05, 4.69) is 0 Å². The van der Waals surface area contributed by atoms with E-state index in [9.17, 15) is 4.79 Å². The summed E-state index contributed by atoms with van der Waals surface area (Å²) in [6, 6.07) is 17.3. The number of ether oxygens (including phenoxy) is 2. The van der Waals surface area contributed by atoms with Crippen molar-refractivity contribution in [3.8, 4) is 5.75 Å². The van der Waals surface area contributed by atoms with Crippen LogP contribution in [0, 0.1) is 0 Å². The van der Waals surface area contributed by atoms with Crippen molar-refractivity contribution in [2.24, 2.45) is 0 Å². The second kappa shape index (κ2) is 7.42. The molecule has 1 saturated carbocycles. The zero-order valence-electron chi connectivity index (χ0n) is 13.4. The van der Waals surface area contributed by atoms with Gasteiger partial charge in [0.05, 0.1) is 6.10 Å². The van der Waals surface area contributed by atoms with E-state index < -0.39 is 0 Å². The van der Waals surface area contributed by atoms with E-state index in [0.29, 0.717) is 12.4 Å². The largest absolute Gasteiger partial charge is 0.485 e. The van der Waals surface area contributed by atoms with Crippen molar-refractivity contribution in [1.82, 2.24) is 0 Å². The summed E-state index contributed by atoms with van der Waals surface area (Å²) in [6.07, 6.45) is 3.24. The van der Waals surface area contributed by atoms with Crippen LogP contribution in [0.2, 0.25) is 0 Å². The van der Waals surface area contributed by atoms with Gasteiger partial charge in [0, 0.05) is 18.6 Å². The third-order valence-corrected chi connectivity index (χ3v) is 4.51. The second-order valence-electron chi connectivity index (χ2n) is 5.95. The van der Waals surface area contributed by atoms with Gasteiger partial charge in [0.15, 0.2) is 5.75 Å². The molecule has 0 amide bonds. The zero-order chi connectivity index (χ0) is 16.1. The summed E-state index contributed by atoms with van der Waals surface area (Å²) in [7, 11) is 1.73. The number of rotatable bonds is 5. The summed E-state index contributed by atoms with van der Waals surface area (Å²) in [5.41, 5.74) is 1.85. The van der Waals surface area contributed by atoms with Crippen LogP contribution in [-0.4, -0.2) is 13.2 Å². The third-order valence-electron chi connectivity index (χ3n) is 4.51. The van der Waals surface area contributed by atoms with Crippen molar-refractivity contribution in [3.05, 3.63) is 75.9 Å². The smallest absolute Gasteiger partial charge is 0.223 e. The van der Waals surface area contributed by atoms with Crippen LogP contribution in [0.15, 0.2) is 59.4 Å². The molecule has 2 unspecified atom stereocenters. The normalized spacial score (nSPS) is 20.4. The van der Waals surface area contributed by atoms with Crippen molar-refractivity contribution in [3.63, 3.8) is 0 Å². The van der Waals surface area contributed by atoms with Crippen LogP contribution >= 0.6 is 0 Å². The van der Waals surface area contributed by atoms with Crippen molar-refractivity contribution in [2.45, 2.75) is 37.9 Å². The monoisotopic (exact) mass is 310 g/mol. The van der Waals surface area contributed by atoms with Gasteiger partial charge in [-0.1, -0.05) is 55.0 Å². The molecule has 1 aliphatic carbocycles. The summed E-state index contributed by atoms with van der Waals surface area (Å²) in [4.78, 5) is 12.9. The predicted molar refractivity (Wildman–Crippen MR) is 90.9 cm³/mol. The molecular formula is C20H22O3. The van der Waals surface area contributed by atoms with Gasteiger partial charge in [0.1, 0.15) is 6.61 Å². The van der Waals surface area contributed by atoms with E-state index in [1.54, 1.807) is 13.2 Å². The summed E-state index contributed by atoms with van der Waals surface area (Å²) in [5.74, 6) is 0.578. The molecular weight excluding hydrogens is 288 g/mol. The molecule has 3 nitrogen and oxygen atoms in total. The molecule has 0 bridgehead atoms. The molecule has 0 aliphatic heterocycles. The fourth-order valence-corrected chi connectivity index (χ4v) is 3.30. The molecule has 0 saturated heterocycles. The standard InChI is InChI=1S/C20H22O3/c1-22-18-13-7-11-16(18)17-10-5-6-12-19(20(17)21)23-14-15-8-3-2-4-9-15/h2-6,8-10,12,16,18H,7,11,13-14H2,1H3. The first-order chi connectivity index (χ1) is 11.3. The van der Waals surface area contributed by atoms with Crippen LogP contribution in [0.5, 0.6) is 5.75 Å². The molecule has 3 heteroatoms. The topological polar surface area (TPSA) is 35.5 Å². The third kappa shape index (κ3) is 3.62. The van der Waals surface area contributed by atoms with E-state index in [4.69, 9.17) is 9.47 Å².